The summed E-state index contributed by atoms with van der Waals surface area (Å²) >= 11 is 0. The molecule has 134 valence electrons. The van der Waals surface area contributed by atoms with Crippen LogP contribution in [0, 0.1) is 34.1 Å². The molecule has 0 atom stereocenters. The maximum atomic E-state index is 11.3. The number of anilines is 1. The molecule has 0 unspecified atom stereocenters. The zero-order valence-electron chi connectivity index (χ0n) is 14.2. The average Bonchev–Trinajstić information content (AvgIpc) is 2.46. The van der Waals surface area contributed by atoms with Gasteiger partial charge in [-0.3, -0.25) is 20.2 Å². The predicted octanol–water partition coefficient (Wildman–Crippen LogP) is 2.74. The third-order valence-corrected chi connectivity index (χ3v) is 3.51. The van der Waals surface area contributed by atoms with Crippen LogP contribution in [0.4, 0.5) is 21.9 Å². The summed E-state index contributed by atoms with van der Waals surface area (Å²) < 4.78 is 0. The SMILES string of the molecule is CCC(CC)Nc1c([N+](=O)[O-])cc(C)c(C)c1[N+](=O)[O-].NC(N)=O. The van der Waals surface area contributed by atoms with Crippen molar-refractivity contribution in [3.63, 3.8) is 0 Å². The lowest BCUT2D eigenvalue weighted by Gasteiger charge is -2.17. The Morgan fingerprint density at radius 2 is 1.62 bits per heavy atom. The van der Waals surface area contributed by atoms with E-state index in [2.05, 4.69) is 16.8 Å². The molecule has 10 heteroatoms. The molecule has 0 aromatic heterocycles. The van der Waals surface area contributed by atoms with Gasteiger partial charge in [-0.2, -0.15) is 0 Å². The molecular formula is C14H23N5O5. The number of urea groups is 1. The third kappa shape index (κ3) is 5.71. The number of nitrogens with one attached hydrogen (secondary N) is 1. The van der Waals surface area contributed by atoms with Gasteiger partial charge < -0.3 is 16.8 Å². The van der Waals surface area contributed by atoms with Gasteiger partial charge in [-0.25, -0.2) is 4.79 Å². The third-order valence-electron chi connectivity index (χ3n) is 3.51. The van der Waals surface area contributed by atoms with Gasteiger partial charge in [0.25, 0.3) is 5.69 Å². The first kappa shape index (κ1) is 21.1. The second kappa shape index (κ2) is 9.28. The second-order valence-corrected chi connectivity index (χ2v) is 5.14. The Morgan fingerprint density at radius 1 is 1.17 bits per heavy atom. The maximum Gasteiger partial charge on any atom is 0.309 e. The normalized spacial score (nSPS) is 9.88. The summed E-state index contributed by atoms with van der Waals surface area (Å²) in [6.45, 7) is 7.10. The van der Waals surface area contributed by atoms with Crippen molar-refractivity contribution in [1.29, 1.82) is 0 Å². The summed E-state index contributed by atoms with van der Waals surface area (Å²) in [4.78, 5) is 30.3. The lowest BCUT2D eigenvalue weighted by Crippen LogP contribution is -2.19. The summed E-state index contributed by atoms with van der Waals surface area (Å²) in [5.41, 5.74) is 9.06. The van der Waals surface area contributed by atoms with E-state index in [4.69, 9.17) is 4.79 Å². The first-order valence-corrected chi connectivity index (χ1v) is 7.31. The lowest BCUT2D eigenvalue weighted by atomic mass is 10.0. The largest absolute Gasteiger partial charge is 0.371 e. The Labute approximate surface area is 139 Å². The van der Waals surface area contributed by atoms with Crippen LogP contribution < -0.4 is 16.8 Å². The predicted molar refractivity (Wildman–Crippen MR) is 91.0 cm³/mol. The molecule has 0 aliphatic rings. The van der Waals surface area contributed by atoms with Gasteiger partial charge in [-0.1, -0.05) is 13.8 Å². The van der Waals surface area contributed by atoms with Gasteiger partial charge in [0.05, 0.1) is 9.85 Å². The van der Waals surface area contributed by atoms with Gasteiger partial charge in [0.2, 0.25) is 0 Å². The van der Waals surface area contributed by atoms with Crippen LogP contribution in [-0.4, -0.2) is 21.9 Å². The summed E-state index contributed by atoms with van der Waals surface area (Å²) in [6, 6.07) is 0.516. The van der Waals surface area contributed by atoms with Crippen molar-refractivity contribution >= 4 is 23.1 Å². The van der Waals surface area contributed by atoms with Crippen molar-refractivity contribution in [3.05, 3.63) is 37.4 Å². The molecule has 0 aliphatic carbocycles. The van der Waals surface area contributed by atoms with Gasteiger partial charge in [0.1, 0.15) is 0 Å². The van der Waals surface area contributed by atoms with Crippen molar-refractivity contribution in [2.75, 3.05) is 5.32 Å². The molecule has 0 aliphatic heterocycles. The Kier molecular flexibility index (Phi) is 8.15. The van der Waals surface area contributed by atoms with Crippen LogP contribution in [0.5, 0.6) is 0 Å². The van der Waals surface area contributed by atoms with Gasteiger partial charge in [-0.05, 0) is 32.3 Å². The second-order valence-electron chi connectivity index (χ2n) is 5.14. The van der Waals surface area contributed by atoms with E-state index in [0.29, 0.717) is 11.1 Å². The summed E-state index contributed by atoms with van der Waals surface area (Å²) in [5, 5.41) is 25.4. The van der Waals surface area contributed by atoms with Crippen LogP contribution in [-0.2, 0) is 0 Å². The van der Waals surface area contributed by atoms with E-state index in [9.17, 15) is 20.2 Å². The van der Waals surface area contributed by atoms with Gasteiger partial charge >= 0.3 is 11.7 Å². The number of primary amides is 2. The van der Waals surface area contributed by atoms with E-state index in [1.165, 1.54) is 6.07 Å². The number of nitro groups is 2. The minimum Gasteiger partial charge on any atom is -0.371 e. The van der Waals surface area contributed by atoms with Gasteiger partial charge in [0, 0.05) is 17.7 Å². The molecular weight excluding hydrogens is 318 g/mol. The van der Waals surface area contributed by atoms with Crippen LogP contribution in [0.15, 0.2) is 6.07 Å². The van der Waals surface area contributed by atoms with Crippen molar-refractivity contribution in [2.24, 2.45) is 11.5 Å². The molecule has 1 aromatic carbocycles. The Morgan fingerprint density at radius 3 is 1.96 bits per heavy atom. The number of nitrogens with two attached hydrogens (primary N) is 2. The zero-order chi connectivity index (χ0) is 19.0. The number of amides is 2. The van der Waals surface area contributed by atoms with E-state index in [1.807, 2.05) is 13.8 Å². The van der Waals surface area contributed by atoms with E-state index in [0.717, 1.165) is 12.8 Å². The maximum absolute atomic E-state index is 11.3. The number of nitro benzene ring substituents is 2. The van der Waals surface area contributed by atoms with Gasteiger partial charge in [0.15, 0.2) is 5.69 Å². The van der Waals surface area contributed by atoms with Crippen LogP contribution >= 0.6 is 0 Å². The molecule has 10 nitrogen and oxygen atoms in total. The van der Waals surface area contributed by atoms with Crippen LogP contribution in [0.3, 0.4) is 0 Å². The molecule has 0 saturated heterocycles. The molecule has 0 heterocycles. The van der Waals surface area contributed by atoms with E-state index >= 15 is 0 Å². The van der Waals surface area contributed by atoms with Crippen LogP contribution in [0.2, 0.25) is 0 Å². The first-order valence-electron chi connectivity index (χ1n) is 7.31. The highest BCUT2D eigenvalue weighted by Crippen LogP contribution is 2.39. The summed E-state index contributed by atoms with van der Waals surface area (Å²) in [7, 11) is 0. The van der Waals surface area contributed by atoms with Crippen LogP contribution in [0.25, 0.3) is 0 Å². The fourth-order valence-corrected chi connectivity index (χ4v) is 2.09. The number of benzene rings is 1. The minimum absolute atomic E-state index is 0.0109. The van der Waals surface area contributed by atoms with E-state index < -0.39 is 15.9 Å². The molecule has 0 bridgehead atoms. The molecule has 24 heavy (non-hydrogen) atoms. The van der Waals surface area contributed by atoms with Crippen molar-refractivity contribution in [2.45, 2.75) is 46.6 Å². The minimum atomic E-state index is -0.833. The highest BCUT2D eigenvalue weighted by Gasteiger charge is 2.30. The number of carbonyl (C=O) groups excluding carboxylic acids is 1. The molecule has 5 N–H and O–H groups in total. The number of hydrogen-bond acceptors (Lipinski definition) is 6. The molecule has 0 radical (unpaired) electrons. The Hall–Kier alpha value is -2.91. The topological polar surface area (TPSA) is 167 Å². The lowest BCUT2D eigenvalue weighted by molar-refractivity contribution is -0.392. The molecule has 0 fully saturated rings. The summed E-state index contributed by atoms with van der Waals surface area (Å²) in [5.74, 6) is 0. The fourth-order valence-electron chi connectivity index (χ4n) is 2.09. The average molecular weight is 341 g/mol. The van der Waals surface area contributed by atoms with Crippen LogP contribution in [0.1, 0.15) is 37.8 Å². The van der Waals surface area contributed by atoms with Crippen molar-refractivity contribution < 1.29 is 14.6 Å². The van der Waals surface area contributed by atoms with Gasteiger partial charge in [-0.15, -0.1) is 0 Å². The fraction of sp³-hybridized carbons (Fsp3) is 0.500. The molecule has 1 aromatic rings. The van der Waals surface area contributed by atoms with E-state index in [-0.39, 0.29) is 23.1 Å². The van der Waals surface area contributed by atoms with Crippen molar-refractivity contribution in [1.82, 2.24) is 0 Å². The molecule has 2 amide bonds. The number of carbonyl (C=O) groups is 1. The number of rotatable bonds is 6. The summed E-state index contributed by atoms with van der Waals surface area (Å²) in [6.07, 6.45) is 1.47. The molecule has 1 rings (SSSR count). The Bertz CT molecular complexity index is 624. The zero-order valence-corrected chi connectivity index (χ0v) is 14.2. The smallest absolute Gasteiger partial charge is 0.309 e. The highest BCUT2D eigenvalue weighted by atomic mass is 16.6. The number of aryl methyl sites for hydroxylation is 1. The van der Waals surface area contributed by atoms with E-state index in [1.54, 1.807) is 13.8 Å². The number of hydrogen-bond donors (Lipinski definition) is 3. The van der Waals surface area contributed by atoms with Crippen molar-refractivity contribution in [3.8, 4) is 0 Å². The standard InChI is InChI=1S/C13H19N3O4.CH4N2O/c1-5-10(6-2)14-12-11(15(17)18)7-8(3)9(4)13(12)16(19)20;2-1(3)4/h7,10,14H,5-6H2,1-4H3;(H4,2,3,4). The highest BCUT2D eigenvalue weighted by molar-refractivity contribution is 5.78. The Balaban J connectivity index is 0.00000118. The monoisotopic (exact) mass is 341 g/mol. The molecule has 0 spiro atoms. The number of nitrogens with zero attached hydrogens (tertiary/aromatic N) is 2. The molecule has 0 saturated carbocycles. The quantitative estimate of drug-likeness (QED) is 0.531. The first-order chi connectivity index (χ1) is 11.1.